The Balaban J connectivity index is 2.08. The van der Waals surface area contributed by atoms with Crippen molar-refractivity contribution in [3.63, 3.8) is 0 Å². The molecule has 1 N–H and O–H groups in total. The number of hydrogen-bond donors (Lipinski definition) is 1. The highest BCUT2D eigenvalue weighted by atomic mass is 16.6. The fourth-order valence-electron chi connectivity index (χ4n) is 2.60. The number of para-hydroxylation sites is 2. The van der Waals surface area contributed by atoms with Gasteiger partial charge in [-0.25, -0.2) is 0 Å². The number of amides is 1. The summed E-state index contributed by atoms with van der Waals surface area (Å²) in [5, 5.41) is 13.7. The maximum absolute atomic E-state index is 12.5. The second-order valence-corrected chi connectivity index (χ2v) is 6.28. The van der Waals surface area contributed by atoms with Gasteiger partial charge in [-0.05, 0) is 45.0 Å². The molecular formula is C19H23N3O3. The third kappa shape index (κ3) is 4.64. The largest absolute Gasteiger partial charge is 0.319 e. The first-order valence-corrected chi connectivity index (χ1v) is 8.10. The third-order valence-corrected chi connectivity index (χ3v) is 4.32. The van der Waals surface area contributed by atoms with Crippen LogP contribution in [0.25, 0.3) is 0 Å². The first kappa shape index (κ1) is 18.6. The molecule has 6 nitrogen and oxygen atoms in total. The lowest BCUT2D eigenvalue weighted by molar-refractivity contribution is -0.383. The number of carbonyl (C=O) groups is 1. The van der Waals surface area contributed by atoms with E-state index in [9.17, 15) is 14.9 Å². The summed E-state index contributed by atoms with van der Waals surface area (Å²) in [6, 6.07) is 11.9. The summed E-state index contributed by atoms with van der Waals surface area (Å²) in [7, 11) is 1.86. The second-order valence-electron chi connectivity index (χ2n) is 6.28. The number of nitrogens with zero attached hydrogens (tertiary/aromatic N) is 2. The normalized spacial score (nSPS) is 12.0. The molecule has 1 unspecified atom stereocenters. The van der Waals surface area contributed by atoms with E-state index < -0.39 is 11.0 Å². The van der Waals surface area contributed by atoms with Crippen LogP contribution < -0.4 is 5.32 Å². The Bertz CT molecular complexity index is 789. The Labute approximate surface area is 147 Å². The number of rotatable bonds is 6. The van der Waals surface area contributed by atoms with E-state index >= 15 is 0 Å². The Kier molecular flexibility index (Phi) is 5.88. The van der Waals surface area contributed by atoms with Crippen molar-refractivity contribution in [2.45, 2.75) is 33.4 Å². The number of aryl methyl sites for hydroxylation is 2. The highest BCUT2D eigenvalue weighted by Gasteiger charge is 2.22. The van der Waals surface area contributed by atoms with Gasteiger partial charge in [-0.3, -0.25) is 19.8 Å². The van der Waals surface area contributed by atoms with Crippen molar-refractivity contribution in [1.29, 1.82) is 0 Å². The predicted molar refractivity (Wildman–Crippen MR) is 98.6 cm³/mol. The van der Waals surface area contributed by atoms with E-state index in [-0.39, 0.29) is 17.3 Å². The minimum absolute atomic E-state index is 0.111. The molecule has 0 bridgehead atoms. The van der Waals surface area contributed by atoms with Crippen molar-refractivity contribution in [3.05, 3.63) is 69.3 Å². The maximum Gasteiger partial charge on any atom is 0.292 e. The Hall–Kier alpha value is -2.73. The Morgan fingerprint density at radius 2 is 1.92 bits per heavy atom. The molecule has 0 heterocycles. The van der Waals surface area contributed by atoms with E-state index in [0.717, 1.165) is 5.56 Å². The highest BCUT2D eigenvalue weighted by Crippen LogP contribution is 2.23. The van der Waals surface area contributed by atoms with Gasteiger partial charge in [0.05, 0.1) is 11.0 Å². The van der Waals surface area contributed by atoms with Gasteiger partial charge in [0.2, 0.25) is 5.91 Å². The fourth-order valence-corrected chi connectivity index (χ4v) is 2.60. The van der Waals surface area contributed by atoms with Gasteiger partial charge in [-0.15, -0.1) is 0 Å². The number of hydrogen-bond acceptors (Lipinski definition) is 4. The number of nitro groups is 1. The third-order valence-electron chi connectivity index (χ3n) is 4.32. The quantitative estimate of drug-likeness (QED) is 0.642. The zero-order chi connectivity index (χ0) is 18.6. The molecule has 0 spiro atoms. The molecule has 25 heavy (non-hydrogen) atoms. The van der Waals surface area contributed by atoms with Crippen LogP contribution in [-0.4, -0.2) is 28.8 Å². The van der Waals surface area contributed by atoms with Crippen LogP contribution in [0.2, 0.25) is 0 Å². The lowest BCUT2D eigenvalue weighted by Gasteiger charge is -2.24. The fraction of sp³-hybridized carbons (Fsp3) is 0.316. The molecule has 0 aliphatic heterocycles. The average Bonchev–Trinajstić information content (AvgIpc) is 2.56. The van der Waals surface area contributed by atoms with Crippen molar-refractivity contribution >= 4 is 17.3 Å². The molecule has 0 aliphatic carbocycles. The molecule has 0 aliphatic rings. The van der Waals surface area contributed by atoms with E-state index in [2.05, 4.69) is 17.4 Å². The molecule has 0 fully saturated rings. The van der Waals surface area contributed by atoms with Crippen LogP contribution in [0.15, 0.2) is 42.5 Å². The van der Waals surface area contributed by atoms with Gasteiger partial charge in [0.1, 0.15) is 5.69 Å². The summed E-state index contributed by atoms with van der Waals surface area (Å²) in [6.45, 7) is 6.50. The van der Waals surface area contributed by atoms with Gasteiger partial charge in [0.15, 0.2) is 0 Å². The van der Waals surface area contributed by atoms with E-state index in [1.165, 1.54) is 23.3 Å². The number of benzene rings is 2. The molecule has 0 radical (unpaired) electrons. The van der Waals surface area contributed by atoms with E-state index in [1.54, 1.807) is 19.1 Å². The zero-order valence-electron chi connectivity index (χ0n) is 14.9. The number of carbonyl (C=O) groups excluding carboxylic acids is 1. The van der Waals surface area contributed by atoms with Crippen LogP contribution in [0.5, 0.6) is 0 Å². The van der Waals surface area contributed by atoms with Crippen LogP contribution in [0.4, 0.5) is 11.4 Å². The summed E-state index contributed by atoms with van der Waals surface area (Å²) in [4.78, 5) is 25.0. The van der Waals surface area contributed by atoms with Gasteiger partial charge in [0.25, 0.3) is 5.69 Å². The Morgan fingerprint density at radius 1 is 1.24 bits per heavy atom. The molecule has 2 aromatic carbocycles. The molecule has 2 aromatic rings. The first-order valence-electron chi connectivity index (χ1n) is 8.10. The highest BCUT2D eigenvalue weighted by molar-refractivity contribution is 5.96. The van der Waals surface area contributed by atoms with Crippen molar-refractivity contribution in [3.8, 4) is 0 Å². The van der Waals surface area contributed by atoms with Crippen LogP contribution in [0.3, 0.4) is 0 Å². The van der Waals surface area contributed by atoms with Crippen LogP contribution in [0.1, 0.15) is 23.6 Å². The molecule has 6 heteroatoms. The number of anilines is 1. The van der Waals surface area contributed by atoms with Crippen molar-refractivity contribution in [2.75, 3.05) is 12.4 Å². The summed E-state index contributed by atoms with van der Waals surface area (Å²) in [6.07, 6.45) is 0. The first-order chi connectivity index (χ1) is 11.8. The monoisotopic (exact) mass is 341 g/mol. The van der Waals surface area contributed by atoms with Crippen molar-refractivity contribution < 1.29 is 9.72 Å². The zero-order valence-corrected chi connectivity index (χ0v) is 14.9. The molecular weight excluding hydrogens is 318 g/mol. The standard InChI is InChI=1S/C19H23N3O3/c1-13-9-10-16(14(2)11-13)12-21(4)15(3)19(23)20-17-7-5-6-8-18(17)22(24)25/h5-11,15H,12H2,1-4H3,(H,20,23). The molecule has 132 valence electrons. The summed E-state index contributed by atoms with van der Waals surface area (Å²) >= 11 is 0. The number of likely N-dealkylation sites (N-methyl/N-ethyl adjacent to an activating group) is 1. The predicted octanol–water partition coefficient (Wildman–Crippen LogP) is 3.67. The average molecular weight is 341 g/mol. The van der Waals surface area contributed by atoms with Crippen LogP contribution >= 0.6 is 0 Å². The van der Waals surface area contributed by atoms with E-state index in [1.807, 2.05) is 31.9 Å². The lowest BCUT2D eigenvalue weighted by Crippen LogP contribution is -2.39. The van der Waals surface area contributed by atoms with Gasteiger partial charge in [-0.2, -0.15) is 0 Å². The van der Waals surface area contributed by atoms with Gasteiger partial charge in [-0.1, -0.05) is 35.9 Å². The van der Waals surface area contributed by atoms with Gasteiger partial charge >= 0.3 is 0 Å². The van der Waals surface area contributed by atoms with Crippen LogP contribution in [-0.2, 0) is 11.3 Å². The minimum Gasteiger partial charge on any atom is -0.319 e. The number of nitro benzene ring substituents is 1. The summed E-state index contributed by atoms with van der Waals surface area (Å²) in [5.74, 6) is -0.276. The van der Waals surface area contributed by atoms with E-state index in [4.69, 9.17) is 0 Å². The minimum atomic E-state index is -0.500. The SMILES string of the molecule is Cc1ccc(CN(C)C(C)C(=O)Nc2ccccc2[N+](=O)[O-])c(C)c1. The molecule has 1 atom stereocenters. The second kappa shape index (κ2) is 7.90. The van der Waals surface area contributed by atoms with Crippen LogP contribution in [0, 0.1) is 24.0 Å². The lowest BCUT2D eigenvalue weighted by atomic mass is 10.0. The smallest absolute Gasteiger partial charge is 0.292 e. The molecule has 2 rings (SSSR count). The maximum atomic E-state index is 12.5. The van der Waals surface area contributed by atoms with E-state index in [0.29, 0.717) is 6.54 Å². The molecule has 1 amide bonds. The Morgan fingerprint density at radius 3 is 2.56 bits per heavy atom. The van der Waals surface area contributed by atoms with Crippen molar-refractivity contribution in [2.24, 2.45) is 0 Å². The summed E-state index contributed by atoms with van der Waals surface area (Å²) < 4.78 is 0. The summed E-state index contributed by atoms with van der Waals surface area (Å²) in [5.41, 5.74) is 3.63. The van der Waals surface area contributed by atoms with Gasteiger partial charge < -0.3 is 5.32 Å². The molecule has 0 saturated carbocycles. The van der Waals surface area contributed by atoms with Gasteiger partial charge in [0, 0.05) is 12.6 Å². The topological polar surface area (TPSA) is 75.5 Å². The van der Waals surface area contributed by atoms with Crippen molar-refractivity contribution in [1.82, 2.24) is 4.90 Å². The molecule has 0 aromatic heterocycles. The molecule has 0 saturated heterocycles. The number of nitrogens with one attached hydrogen (secondary N) is 1.